The van der Waals surface area contributed by atoms with Crippen molar-refractivity contribution in [3.8, 4) is 0 Å². The first-order valence-electron chi connectivity index (χ1n) is 9.90. The summed E-state index contributed by atoms with van der Waals surface area (Å²) in [5, 5.41) is 0.564. The number of hydrogen-bond acceptors (Lipinski definition) is 3. The second-order valence-electron chi connectivity index (χ2n) is 7.71. The molecule has 1 aromatic heterocycles. The molecule has 140 valence electrons. The van der Waals surface area contributed by atoms with E-state index in [9.17, 15) is 9.18 Å². The maximum Gasteiger partial charge on any atom is 0.264 e. The van der Waals surface area contributed by atoms with Crippen molar-refractivity contribution < 1.29 is 9.18 Å². The van der Waals surface area contributed by atoms with Crippen LogP contribution in [0.4, 0.5) is 4.39 Å². The minimum atomic E-state index is -0.243. The Kier molecular flexibility index (Phi) is 5.55. The topological polar surface area (TPSA) is 23.6 Å². The van der Waals surface area contributed by atoms with Crippen LogP contribution in [0.5, 0.6) is 0 Å². The molecule has 0 spiro atoms. The molecule has 2 aromatic rings. The normalized spacial score (nSPS) is 20.4. The van der Waals surface area contributed by atoms with Crippen molar-refractivity contribution in [3.63, 3.8) is 0 Å². The molecule has 1 saturated carbocycles. The van der Waals surface area contributed by atoms with E-state index in [1.165, 1.54) is 56.1 Å². The smallest absolute Gasteiger partial charge is 0.264 e. The van der Waals surface area contributed by atoms with Gasteiger partial charge in [-0.1, -0.05) is 25.3 Å². The standard InChI is InChI=1S/C21H27FN2OS/c22-18-8-4-9-19-17(18)14-20(26-19)21(25)24-11-5-10-23(12-13-24)15-16-6-2-1-3-7-16/h4,8-9,14,16H,1-3,5-7,10-13,15H2. The fraction of sp³-hybridized carbons (Fsp3) is 0.571. The minimum absolute atomic E-state index is 0.0603. The number of carbonyl (C=O) groups is 1. The highest BCUT2D eigenvalue weighted by atomic mass is 32.1. The minimum Gasteiger partial charge on any atom is -0.337 e. The zero-order valence-corrected chi connectivity index (χ0v) is 16.1. The van der Waals surface area contributed by atoms with Crippen LogP contribution in [-0.2, 0) is 0 Å². The van der Waals surface area contributed by atoms with Gasteiger partial charge in [-0.25, -0.2) is 4.39 Å². The van der Waals surface area contributed by atoms with Gasteiger partial charge in [-0.15, -0.1) is 11.3 Å². The number of nitrogens with zero attached hydrogens (tertiary/aromatic N) is 2. The van der Waals surface area contributed by atoms with Crippen LogP contribution >= 0.6 is 11.3 Å². The lowest BCUT2D eigenvalue weighted by Gasteiger charge is -2.28. The summed E-state index contributed by atoms with van der Waals surface area (Å²) in [7, 11) is 0. The summed E-state index contributed by atoms with van der Waals surface area (Å²) in [6, 6.07) is 6.77. The number of hydrogen-bond donors (Lipinski definition) is 0. The summed E-state index contributed by atoms with van der Waals surface area (Å²) in [5.74, 6) is 0.661. The van der Waals surface area contributed by atoms with E-state index in [4.69, 9.17) is 0 Å². The summed E-state index contributed by atoms with van der Waals surface area (Å²) in [6.07, 6.45) is 7.92. The summed E-state index contributed by atoms with van der Waals surface area (Å²) in [5.41, 5.74) is 0. The van der Waals surface area contributed by atoms with Crippen LogP contribution in [0.2, 0.25) is 0 Å². The quantitative estimate of drug-likeness (QED) is 0.773. The molecule has 0 atom stereocenters. The molecular formula is C21H27FN2OS. The second-order valence-corrected chi connectivity index (χ2v) is 8.80. The third kappa shape index (κ3) is 3.94. The van der Waals surface area contributed by atoms with Crippen molar-refractivity contribution in [1.82, 2.24) is 9.80 Å². The predicted molar refractivity (Wildman–Crippen MR) is 105 cm³/mol. The maximum absolute atomic E-state index is 13.9. The lowest BCUT2D eigenvalue weighted by Crippen LogP contribution is -2.36. The first-order valence-corrected chi connectivity index (χ1v) is 10.7. The SMILES string of the molecule is O=C(c1cc2c(F)cccc2s1)N1CCCN(CC2CCCCC2)CC1. The molecule has 0 unspecified atom stereocenters. The van der Waals surface area contributed by atoms with Crippen molar-refractivity contribution in [3.05, 3.63) is 35.0 Å². The first-order chi connectivity index (χ1) is 12.7. The lowest BCUT2D eigenvalue weighted by molar-refractivity contribution is 0.0765. The largest absolute Gasteiger partial charge is 0.337 e. The Morgan fingerprint density at radius 3 is 2.73 bits per heavy atom. The van der Waals surface area contributed by atoms with Crippen LogP contribution in [0, 0.1) is 11.7 Å². The van der Waals surface area contributed by atoms with Crippen LogP contribution < -0.4 is 0 Å². The fourth-order valence-electron chi connectivity index (χ4n) is 4.38. The zero-order chi connectivity index (χ0) is 17.9. The van der Waals surface area contributed by atoms with Gasteiger partial charge in [-0.2, -0.15) is 0 Å². The molecule has 26 heavy (non-hydrogen) atoms. The van der Waals surface area contributed by atoms with E-state index in [0.717, 1.165) is 43.2 Å². The highest BCUT2D eigenvalue weighted by Crippen LogP contribution is 2.29. The van der Waals surface area contributed by atoms with Gasteiger partial charge in [0.05, 0.1) is 4.88 Å². The second kappa shape index (κ2) is 8.05. The summed E-state index contributed by atoms with van der Waals surface area (Å²) in [4.78, 5) is 18.1. The van der Waals surface area contributed by atoms with Crippen LogP contribution in [0.3, 0.4) is 0 Å². The Morgan fingerprint density at radius 1 is 1.08 bits per heavy atom. The Morgan fingerprint density at radius 2 is 1.92 bits per heavy atom. The number of thiophene rings is 1. The van der Waals surface area contributed by atoms with E-state index in [2.05, 4.69) is 4.90 Å². The summed E-state index contributed by atoms with van der Waals surface area (Å²) in [6.45, 7) is 4.82. The monoisotopic (exact) mass is 374 g/mol. The molecule has 2 aliphatic rings. The Balaban J connectivity index is 1.39. The Labute approximate surface area is 158 Å². The van der Waals surface area contributed by atoms with Gasteiger partial charge in [0.2, 0.25) is 0 Å². The number of halogens is 1. The van der Waals surface area contributed by atoms with Gasteiger partial charge < -0.3 is 9.80 Å². The zero-order valence-electron chi connectivity index (χ0n) is 15.3. The molecule has 1 amide bonds. The summed E-state index contributed by atoms with van der Waals surface area (Å²) >= 11 is 1.40. The third-order valence-electron chi connectivity index (χ3n) is 5.84. The molecule has 1 aromatic carbocycles. The van der Waals surface area contributed by atoms with Crippen molar-refractivity contribution in [2.75, 3.05) is 32.7 Å². The van der Waals surface area contributed by atoms with E-state index < -0.39 is 0 Å². The van der Waals surface area contributed by atoms with Gasteiger partial charge in [0.1, 0.15) is 5.82 Å². The first kappa shape index (κ1) is 17.9. The molecule has 0 bridgehead atoms. The maximum atomic E-state index is 13.9. The van der Waals surface area contributed by atoms with Crippen molar-refractivity contribution >= 4 is 27.3 Å². The van der Waals surface area contributed by atoms with E-state index >= 15 is 0 Å². The highest BCUT2D eigenvalue weighted by Gasteiger charge is 2.24. The van der Waals surface area contributed by atoms with Gasteiger partial charge in [-0.05, 0) is 49.9 Å². The van der Waals surface area contributed by atoms with E-state index in [1.807, 2.05) is 11.0 Å². The summed E-state index contributed by atoms with van der Waals surface area (Å²) < 4.78 is 14.8. The van der Waals surface area contributed by atoms with Gasteiger partial charge in [0, 0.05) is 36.3 Å². The van der Waals surface area contributed by atoms with E-state index in [0.29, 0.717) is 10.3 Å². The number of rotatable bonds is 3. The van der Waals surface area contributed by atoms with Crippen LogP contribution in [0.25, 0.3) is 10.1 Å². The van der Waals surface area contributed by atoms with Crippen LogP contribution in [0.15, 0.2) is 24.3 Å². The molecular weight excluding hydrogens is 347 g/mol. The molecule has 2 heterocycles. The molecule has 1 aliphatic carbocycles. The molecule has 1 saturated heterocycles. The highest BCUT2D eigenvalue weighted by molar-refractivity contribution is 7.20. The average molecular weight is 375 g/mol. The molecule has 0 radical (unpaired) electrons. The van der Waals surface area contributed by atoms with Gasteiger partial charge in [-0.3, -0.25) is 4.79 Å². The van der Waals surface area contributed by atoms with Crippen LogP contribution in [0.1, 0.15) is 48.2 Å². The molecule has 1 aliphatic heterocycles. The Bertz CT molecular complexity index is 768. The molecule has 5 heteroatoms. The fourth-order valence-corrected chi connectivity index (χ4v) is 5.42. The van der Waals surface area contributed by atoms with Crippen molar-refractivity contribution in [1.29, 1.82) is 0 Å². The molecule has 2 fully saturated rings. The van der Waals surface area contributed by atoms with Crippen molar-refractivity contribution in [2.45, 2.75) is 38.5 Å². The number of fused-ring (bicyclic) bond motifs is 1. The predicted octanol–water partition coefficient (Wildman–Crippen LogP) is 4.77. The average Bonchev–Trinajstić information content (AvgIpc) is 2.97. The number of carbonyl (C=O) groups excluding carboxylic acids is 1. The number of amides is 1. The van der Waals surface area contributed by atoms with Gasteiger partial charge >= 0.3 is 0 Å². The third-order valence-corrected chi connectivity index (χ3v) is 6.92. The molecule has 4 rings (SSSR count). The van der Waals surface area contributed by atoms with E-state index in [1.54, 1.807) is 12.1 Å². The van der Waals surface area contributed by atoms with Crippen LogP contribution in [-0.4, -0.2) is 48.4 Å². The number of benzene rings is 1. The van der Waals surface area contributed by atoms with Gasteiger partial charge in [0.25, 0.3) is 5.91 Å². The van der Waals surface area contributed by atoms with E-state index in [-0.39, 0.29) is 11.7 Å². The van der Waals surface area contributed by atoms with Crippen molar-refractivity contribution in [2.24, 2.45) is 5.92 Å². The lowest BCUT2D eigenvalue weighted by atomic mass is 9.89. The molecule has 3 nitrogen and oxygen atoms in total. The van der Waals surface area contributed by atoms with Gasteiger partial charge in [0.15, 0.2) is 0 Å². The molecule has 0 N–H and O–H groups in total. The Hall–Kier alpha value is -1.46.